The standard InChI is InChI=1S/C22H27F2N3O3S/c1-4-31(29,30)25-21-7-5-17(6-8-21)22(28)27-10-9-26(14-15(27)2)16(3)18-11-19(23)13-20(24)12-18/h5-8,11-13,15-16,25H,4,9-10,14H2,1-3H3/t15-,16?/m1/s1. The SMILES string of the molecule is CCS(=O)(=O)Nc1ccc(C(=O)N2CCN(C(C)c3cc(F)cc(F)c3)C[C@H]2C)cc1. The van der Waals surface area contributed by atoms with Crippen LogP contribution in [0.5, 0.6) is 0 Å². The molecule has 0 spiro atoms. The molecule has 0 saturated carbocycles. The van der Waals surface area contributed by atoms with Gasteiger partial charge in [0.25, 0.3) is 5.91 Å². The first-order valence-electron chi connectivity index (χ1n) is 10.2. The van der Waals surface area contributed by atoms with E-state index in [-0.39, 0.29) is 23.7 Å². The molecule has 2 atom stereocenters. The van der Waals surface area contributed by atoms with Crippen molar-refractivity contribution in [2.75, 3.05) is 30.1 Å². The summed E-state index contributed by atoms with van der Waals surface area (Å²) in [5, 5.41) is 0. The number of benzene rings is 2. The molecule has 1 saturated heterocycles. The Morgan fingerprint density at radius 2 is 1.74 bits per heavy atom. The van der Waals surface area contributed by atoms with E-state index in [2.05, 4.69) is 9.62 Å². The monoisotopic (exact) mass is 451 g/mol. The maximum atomic E-state index is 13.6. The molecule has 1 aliphatic rings. The van der Waals surface area contributed by atoms with Gasteiger partial charge in [0.1, 0.15) is 11.6 Å². The van der Waals surface area contributed by atoms with Gasteiger partial charge in [-0.25, -0.2) is 17.2 Å². The van der Waals surface area contributed by atoms with Crippen LogP contribution < -0.4 is 4.72 Å². The minimum absolute atomic E-state index is 0.0316. The minimum atomic E-state index is -3.38. The fraction of sp³-hybridized carbons (Fsp3) is 0.409. The molecule has 0 aliphatic carbocycles. The summed E-state index contributed by atoms with van der Waals surface area (Å²) in [4.78, 5) is 16.8. The molecule has 1 amide bonds. The van der Waals surface area contributed by atoms with E-state index in [1.54, 1.807) is 36.1 Å². The smallest absolute Gasteiger partial charge is 0.254 e. The zero-order valence-electron chi connectivity index (χ0n) is 17.8. The number of rotatable bonds is 6. The topological polar surface area (TPSA) is 69.7 Å². The first-order valence-corrected chi connectivity index (χ1v) is 11.9. The summed E-state index contributed by atoms with van der Waals surface area (Å²) in [5.74, 6) is -1.38. The highest BCUT2D eigenvalue weighted by Gasteiger charge is 2.30. The van der Waals surface area contributed by atoms with Gasteiger partial charge in [-0.05, 0) is 62.7 Å². The van der Waals surface area contributed by atoms with Crippen LogP contribution in [0.2, 0.25) is 0 Å². The minimum Gasteiger partial charge on any atom is -0.333 e. The summed E-state index contributed by atoms with van der Waals surface area (Å²) in [5.41, 5.74) is 1.45. The predicted molar refractivity (Wildman–Crippen MR) is 116 cm³/mol. The van der Waals surface area contributed by atoms with Crippen molar-refractivity contribution in [2.45, 2.75) is 32.9 Å². The lowest BCUT2D eigenvalue weighted by atomic mass is 10.0. The van der Waals surface area contributed by atoms with Crippen LogP contribution in [0.25, 0.3) is 0 Å². The Morgan fingerprint density at radius 3 is 2.29 bits per heavy atom. The van der Waals surface area contributed by atoms with Crippen molar-refractivity contribution >= 4 is 21.6 Å². The lowest BCUT2D eigenvalue weighted by molar-refractivity contribution is 0.0405. The second kappa shape index (κ2) is 9.32. The van der Waals surface area contributed by atoms with Crippen molar-refractivity contribution in [3.8, 4) is 0 Å². The van der Waals surface area contributed by atoms with Gasteiger partial charge < -0.3 is 4.90 Å². The van der Waals surface area contributed by atoms with Gasteiger partial charge in [0.05, 0.1) is 5.75 Å². The van der Waals surface area contributed by atoms with E-state index in [4.69, 9.17) is 0 Å². The first kappa shape index (κ1) is 23.1. The highest BCUT2D eigenvalue weighted by Crippen LogP contribution is 2.26. The maximum absolute atomic E-state index is 13.6. The molecule has 2 aromatic rings. The number of carbonyl (C=O) groups is 1. The molecule has 0 aromatic heterocycles. The number of halogens is 2. The Hall–Kier alpha value is -2.52. The molecule has 9 heteroatoms. The molecule has 2 aromatic carbocycles. The molecule has 1 fully saturated rings. The largest absolute Gasteiger partial charge is 0.333 e. The lowest BCUT2D eigenvalue weighted by Crippen LogP contribution is -2.54. The summed E-state index contributed by atoms with van der Waals surface area (Å²) in [6.45, 7) is 7.00. The van der Waals surface area contributed by atoms with Gasteiger partial charge in [0.2, 0.25) is 10.0 Å². The van der Waals surface area contributed by atoms with Crippen molar-refractivity contribution in [1.82, 2.24) is 9.80 Å². The number of nitrogens with zero attached hydrogens (tertiary/aromatic N) is 2. The fourth-order valence-corrected chi connectivity index (χ4v) is 4.40. The number of sulfonamides is 1. The zero-order chi connectivity index (χ0) is 22.8. The third-order valence-electron chi connectivity index (χ3n) is 5.62. The first-order chi connectivity index (χ1) is 14.6. The molecule has 168 valence electrons. The van der Waals surface area contributed by atoms with Crippen molar-refractivity contribution in [3.05, 3.63) is 65.2 Å². The van der Waals surface area contributed by atoms with E-state index in [0.29, 0.717) is 36.4 Å². The van der Waals surface area contributed by atoms with Crippen LogP contribution in [-0.4, -0.2) is 55.6 Å². The van der Waals surface area contributed by atoms with Crippen LogP contribution in [-0.2, 0) is 10.0 Å². The van der Waals surface area contributed by atoms with E-state index < -0.39 is 21.7 Å². The maximum Gasteiger partial charge on any atom is 0.254 e. The number of hydrogen-bond acceptors (Lipinski definition) is 4. The number of amides is 1. The highest BCUT2D eigenvalue weighted by atomic mass is 32.2. The number of nitrogens with one attached hydrogen (secondary N) is 1. The van der Waals surface area contributed by atoms with Crippen molar-refractivity contribution in [2.24, 2.45) is 0 Å². The van der Waals surface area contributed by atoms with Crippen LogP contribution >= 0.6 is 0 Å². The Balaban J connectivity index is 1.66. The molecule has 0 bridgehead atoms. The highest BCUT2D eigenvalue weighted by molar-refractivity contribution is 7.92. The van der Waals surface area contributed by atoms with Crippen molar-refractivity contribution in [3.63, 3.8) is 0 Å². The van der Waals surface area contributed by atoms with E-state index >= 15 is 0 Å². The molecule has 0 radical (unpaired) electrons. The molecular weight excluding hydrogens is 424 g/mol. The Bertz CT molecular complexity index is 1020. The average Bonchev–Trinajstić information content (AvgIpc) is 2.72. The number of hydrogen-bond donors (Lipinski definition) is 1. The number of carbonyl (C=O) groups excluding carboxylic acids is 1. The van der Waals surface area contributed by atoms with E-state index in [0.717, 1.165) is 6.07 Å². The van der Waals surface area contributed by atoms with Gasteiger partial charge in [-0.1, -0.05) is 0 Å². The number of piperazine rings is 1. The van der Waals surface area contributed by atoms with Gasteiger partial charge in [0, 0.05) is 49.0 Å². The van der Waals surface area contributed by atoms with Crippen LogP contribution in [0.15, 0.2) is 42.5 Å². The van der Waals surface area contributed by atoms with Gasteiger partial charge in [0.15, 0.2) is 0 Å². The second-order valence-electron chi connectivity index (χ2n) is 7.80. The molecule has 1 heterocycles. The normalized spacial score (nSPS) is 18.6. The van der Waals surface area contributed by atoms with Crippen LogP contribution in [0.4, 0.5) is 14.5 Å². The average molecular weight is 452 g/mol. The molecule has 1 aliphatic heterocycles. The zero-order valence-corrected chi connectivity index (χ0v) is 18.6. The van der Waals surface area contributed by atoms with Gasteiger partial charge in [-0.2, -0.15) is 0 Å². The van der Waals surface area contributed by atoms with Gasteiger partial charge in [-0.3, -0.25) is 14.4 Å². The third-order valence-corrected chi connectivity index (χ3v) is 6.93. The van der Waals surface area contributed by atoms with Gasteiger partial charge in [-0.15, -0.1) is 0 Å². The summed E-state index contributed by atoms with van der Waals surface area (Å²) in [7, 11) is -3.38. The predicted octanol–water partition coefficient (Wildman–Crippen LogP) is 3.63. The second-order valence-corrected chi connectivity index (χ2v) is 9.82. The third kappa shape index (κ3) is 5.59. The van der Waals surface area contributed by atoms with Crippen LogP contribution in [0.1, 0.15) is 42.7 Å². The fourth-order valence-electron chi connectivity index (χ4n) is 3.76. The summed E-state index contributed by atoms with van der Waals surface area (Å²) in [6.07, 6.45) is 0. The van der Waals surface area contributed by atoms with Crippen LogP contribution in [0.3, 0.4) is 0 Å². The molecule has 6 nitrogen and oxygen atoms in total. The molecule has 31 heavy (non-hydrogen) atoms. The Morgan fingerprint density at radius 1 is 1.13 bits per heavy atom. The molecule has 3 rings (SSSR count). The molecule has 1 unspecified atom stereocenters. The van der Waals surface area contributed by atoms with Crippen molar-refractivity contribution < 1.29 is 22.0 Å². The Labute approximate surface area is 181 Å². The van der Waals surface area contributed by atoms with E-state index in [1.165, 1.54) is 12.1 Å². The molecule has 1 N–H and O–H groups in total. The van der Waals surface area contributed by atoms with E-state index in [1.807, 2.05) is 13.8 Å². The number of anilines is 1. The summed E-state index contributed by atoms with van der Waals surface area (Å²) in [6, 6.07) is 9.60. The van der Waals surface area contributed by atoms with E-state index in [9.17, 15) is 22.0 Å². The summed E-state index contributed by atoms with van der Waals surface area (Å²) >= 11 is 0. The van der Waals surface area contributed by atoms with Crippen molar-refractivity contribution in [1.29, 1.82) is 0 Å². The Kier molecular flexibility index (Phi) is 6.96. The quantitative estimate of drug-likeness (QED) is 0.728. The van der Waals surface area contributed by atoms with Crippen LogP contribution in [0, 0.1) is 11.6 Å². The van der Waals surface area contributed by atoms with Gasteiger partial charge >= 0.3 is 0 Å². The lowest BCUT2D eigenvalue weighted by Gasteiger charge is -2.42. The summed E-state index contributed by atoms with van der Waals surface area (Å²) < 4.78 is 52.9. The molecular formula is C22H27F2N3O3S.